The Balaban J connectivity index is 1.73. The number of thioether (sulfide) groups is 1. The van der Waals surface area contributed by atoms with Crippen molar-refractivity contribution in [3.63, 3.8) is 0 Å². The molecule has 6 heteroatoms. The predicted molar refractivity (Wildman–Crippen MR) is 116 cm³/mol. The van der Waals surface area contributed by atoms with Crippen LogP contribution < -0.4 is 5.56 Å². The first-order chi connectivity index (χ1) is 14.6. The Hall–Kier alpha value is -3.04. The van der Waals surface area contributed by atoms with Crippen LogP contribution in [0.2, 0.25) is 0 Å². The third kappa shape index (κ3) is 2.93. The van der Waals surface area contributed by atoms with Gasteiger partial charge in [0, 0.05) is 5.75 Å². The molecule has 1 atom stereocenters. The van der Waals surface area contributed by atoms with Crippen molar-refractivity contribution in [3.05, 3.63) is 75.1 Å². The fourth-order valence-corrected chi connectivity index (χ4v) is 5.83. The summed E-state index contributed by atoms with van der Waals surface area (Å²) < 4.78 is 6.42. The molecule has 1 saturated carbocycles. The maximum absolute atomic E-state index is 13.3. The number of carbonyl (C=O) groups is 1. The minimum absolute atomic E-state index is 0.157. The first kappa shape index (κ1) is 19.0. The van der Waals surface area contributed by atoms with Crippen molar-refractivity contribution in [2.45, 2.75) is 36.2 Å². The number of ether oxygens (including phenoxy) is 1. The highest BCUT2D eigenvalue weighted by molar-refractivity contribution is 7.99. The van der Waals surface area contributed by atoms with Gasteiger partial charge >= 0.3 is 5.97 Å². The molecule has 2 aromatic carbocycles. The second-order valence-electron chi connectivity index (χ2n) is 7.80. The quantitative estimate of drug-likeness (QED) is 0.597. The van der Waals surface area contributed by atoms with Crippen molar-refractivity contribution in [3.8, 4) is 6.07 Å². The lowest BCUT2D eigenvalue weighted by Gasteiger charge is -2.19. The third-order valence-electron chi connectivity index (χ3n) is 6.02. The maximum Gasteiger partial charge on any atom is 0.329 e. The van der Waals surface area contributed by atoms with Crippen molar-refractivity contribution in [1.82, 2.24) is 4.57 Å². The first-order valence-corrected chi connectivity index (χ1v) is 11.0. The van der Waals surface area contributed by atoms with Gasteiger partial charge in [-0.15, -0.1) is 11.8 Å². The summed E-state index contributed by atoms with van der Waals surface area (Å²) in [5.41, 5.74) is 2.78. The molecule has 3 aromatic rings. The van der Waals surface area contributed by atoms with Crippen molar-refractivity contribution in [2.24, 2.45) is 0 Å². The van der Waals surface area contributed by atoms with E-state index in [-0.39, 0.29) is 11.1 Å². The van der Waals surface area contributed by atoms with Gasteiger partial charge in [-0.05, 0) is 52.6 Å². The van der Waals surface area contributed by atoms with E-state index in [2.05, 4.69) is 30.3 Å². The van der Waals surface area contributed by atoms with Gasteiger partial charge in [0.15, 0.2) is 0 Å². The number of rotatable bonds is 4. The highest BCUT2D eigenvalue weighted by Crippen LogP contribution is 2.49. The number of esters is 1. The molecule has 0 saturated heterocycles. The van der Waals surface area contributed by atoms with Gasteiger partial charge in [-0.1, -0.05) is 42.5 Å². The molecule has 150 valence electrons. The first-order valence-electron chi connectivity index (χ1n) is 10.0. The summed E-state index contributed by atoms with van der Waals surface area (Å²) in [5.74, 6) is 0.369. The number of benzene rings is 2. The zero-order valence-electron chi connectivity index (χ0n) is 16.6. The predicted octanol–water partition coefficient (Wildman–Crippen LogP) is 4.16. The second kappa shape index (κ2) is 7.33. The van der Waals surface area contributed by atoms with Gasteiger partial charge in [-0.2, -0.15) is 5.26 Å². The number of hydrogen-bond acceptors (Lipinski definition) is 5. The fourth-order valence-electron chi connectivity index (χ4n) is 4.44. The largest absolute Gasteiger partial charge is 0.467 e. The van der Waals surface area contributed by atoms with Crippen LogP contribution in [0.1, 0.15) is 47.1 Å². The Morgan fingerprint density at radius 1 is 1.23 bits per heavy atom. The van der Waals surface area contributed by atoms with Gasteiger partial charge in [-0.3, -0.25) is 9.36 Å². The van der Waals surface area contributed by atoms with E-state index < -0.39 is 12.0 Å². The Labute approximate surface area is 178 Å². The van der Waals surface area contributed by atoms with Gasteiger partial charge in [0.1, 0.15) is 17.7 Å². The highest BCUT2D eigenvalue weighted by atomic mass is 32.2. The van der Waals surface area contributed by atoms with Gasteiger partial charge in [0.05, 0.1) is 12.1 Å². The minimum Gasteiger partial charge on any atom is -0.467 e. The normalized spacial score (nSPS) is 17.5. The molecule has 1 fully saturated rings. The molecule has 1 aliphatic heterocycles. The van der Waals surface area contributed by atoms with E-state index in [0.717, 1.165) is 45.3 Å². The molecular formula is C24H20N2O3S. The van der Waals surface area contributed by atoms with Crippen molar-refractivity contribution in [2.75, 3.05) is 12.9 Å². The SMILES string of the molecule is COC(=O)C1CSc2c(C3CC3)c(Cc3cccc4ccccc34)c(C#N)c(=O)n21. The molecule has 2 heterocycles. The molecule has 5 rings (SSSR count). The van der Waals surface area contributed by atoms with Crippen molar-refractivity contribution >= 4 is 28.5 Å². The Morgan fingerprint density at radius 2 is 2.00 bits per heavy atom. The summed E-state index contributed by atoms with van der Waals surface area (Å²) in [4.78, 5) is 25.6. The summed E-state index contributed by atoms with van der Waals surface area (Å²) in [6, 6.07) is 15.8. The summed E-state index contributed by atoms with van der Waals surface area (Å²) in [6.45, 7) is 0. The number of carbonyl (C=O) groups excluding carboxylic acids is 1. The lowest BCUT2D eigenvalue weighted by Crippen LogP contribution is -2.32. The molecule has 1 aliphatic carbocycles. The number of pyridine rings is 1. The third-order valence-corrected chi connectivity index (χ3v) is 7.19. The average Bonchev–Trinajstić information content (AvgIpc) is 3.51. The second-order valence-corrected chi connectivity index (χ2v) is 8.81. The van der Waals surface area contributed by atoms with E-state index in [4.69, 9.17) is 4.74 Å². The van der Waals surface area contributed by atoms with Crippen LogP contribution in [0.3, 0.4) is 0 Å². The Kier molecular flexibility index (Phi) is 4.63. The van der Waals surface area contributed by atoms with Gasteiger partial charge in [-0.25, -0.2) is 4.79 Å². The number of nitrogens with zero attached hydrogens (tertiary/aromatic N) is 2. The summed E-state index contributed by atoms with van der Waals surface area (Å²) >= 11 is 1.53. The standard InChI is InChI=1S/C24H20N2O3S/c1-29-24(28)20-13-30-23-21(15-9-10-15)18(19(12-25)22(27)26(20)23)11-16-7-4-6-14-5-2-3-8-17(14)16/h2-8,15,20H,9-11,13H2,1H3. The smallest absolute Gasteiger partial charge is 0.329 e. The summed E-state index contributed by atoms with van der Waals surface area (Å²) in [5, 5.41) is 13.1. The molecule has 0 bridgehead atoms. The molecule has 5 nitrogen and oxygen atoms in total. The molecule has 0 N–H and O–H groups in total. The van der Waals surface area contributed by atoms with E-state index in [1.54, 1.807) is 0 Å². The lowest BCUT2D eigenvalue weighted by atomic mass is 9.92. The molecule has 0 radical (unpaired) electrons. The van der Waals surface area contributed by atoms with E-state index in [1.165, 1.54) is 23.4 Å². The monoisotopic (exact) mass is 416 g/mol. The van der Waals surface area contributed by atoms with E-state index in [0.29, 0.717) is 18.1 Å². The molecular weight excluding hydrogens is 396 g/mol. The molecule has 2 aliphatic rings. The van der Waals surface area contributed by atoms with Gasteiger partial charge in [0.25, 0.3) is 5.56 Å². The molecule has 1 unspecified atom stereocenters. The number of nitriles is 1. The molecule has 0 spiro atoms. The van der Waals surface area contributed by atoms with Crippen LogP contribution in [0.25, 0.3) is 10.8 Å². The number of hydrogen-bond donors (Lipinski definition) is 0. The minimum atomic E-state index is -0.668. The number of fused-ring (bicyclic) bond motifs is 2. The van der Waals surface area contributed by atoms with Crippen LogP contribution in [0.15, 0.2) is 52.3 Å². The summed E-state index contributed by atoms with van der Waals surface area (Å²) in [6.07, 6.45) is 2.62. The van der Waals surface area contributed by atoms with Crippen LogP contribution in [-0.2, 0) is 16.0 Å². The Bertz CT molecular complexity index is 1280. The topological polar surface area (TPSA) is 72.1 Å². The van der Waals surface area contributed by atoms with Crippen molar-refractivity contribution in [1.29, 1.82) is 5.26 Å². The van der Waals surface area contributed by atoms with Crippen molar-refractivity contribution < 1.29 is 9.53 Å². The van der Waals surface area contributed by atoms with Crippen LogP contribution >= 0.6 is 11.8 Å². The fraction of sp³-hybridized carbons (Fsp3) is 0.292. The summed E-state index contributed by atoms with van der Waals surface area (Å²) in [7, 11) is 1.33. The van der Waals surface area contributed by atoms with E-state index >= 15 is 0 Å². The van der Waals surface area contributed by atoms with Crippen LogP contribution in [-0.4, -0.2) is 23.4 Å². The van der Waals surface area contributed by atoms with E-state index in [1.807, 2.05) is 18.2 Å². The Morgan fingerprint density at radius 3 is 2.73 bits per heavy atom. The zero-order valence-corrected chi connectivity index (χ0v) is 17.4. The molecule has 0 amide bonds. The molecule has 30 heavy (non-hydrogen) atoms. The van der Waals surface area contributed by atoms with E-state index in [9.17, 15) is 14.9 Å². The molecule has 1 aromatic heterocycles. The lowest BCUT2D eigenvalue weighted by molar-refractivity contribution is -0.143. The van der Waals surface area contributed by atoms with Crippen LogP contribution in [0, 0.1) is 11.3 Å². The number of aromatic nitrogens is 1. The number of methoxy groups -OCH3 is 1. The zero-order chi connectivity index (χ0) is 20.8. The van der Waals surface area contributed by atoms with Crippen LogP contribution in [0.5, 0.6) is 0 Å². The van der Waals surface area contributed by atoms with Crippen LogP contribution in [0.4, 0.5) is 0 Å². The van der Waals surface area contributed by atoms with Gasteiger partial charge in [0.2, 0.25) is 0 Å². The maximum atomic E-state index is 13.3. The average molecular weight is 417 g/mol. The van der Waals surface area contributed by atoms with Gasteiger partial charge < -0.3 is 4.74 Å². The highest BCUT2D eigenvalue weighted by Gasteiger charge is 2.40.